The highest BCUT2D eigenvalue weighted by molar-refractivity contribution is 6.21. The van der Waals surface area contributed by atoms with E-state index in [4.69, 9.17) is 14.5 Å². The molecule has 8 nitrogen and oxygen atoms in total. The van der Waals surface area contributed by atoms with Crippen LogP contribution in [0.5, 0.6) is 0 Å². The summed E-state index contributed by atoms with van der Waals surface area (Å²) in [5, 5.41) is 0.564. The van der Waals surface area contributed by atoms with Gasteiger partial charge in [-0.25, -0.2) is 4.98 Å². The second-order valence-corrected chi connectivity index (χ2v) is 9.03. The van der Waals surface area contributed by atoms with Crippen LogP contribution in [0.4, 0.5) is 0 Å². The molecule has 2 amide bonds. The molecule has 1 unspecified atom stereocenters. The number of nitrogens with zero attached hydrogens (tertiary/aromatic N) is 3. The minimum absolute atomic E-state index is 0.0680. The molecule has 0 saturated heterocycles. The lowest BCUT2D eigenvalue weighted by molar-refractivity contribution is 0.0652. The van der Waals surface area contributed by atoms with Gasteiger partial charge >= 0.3 is 0 Å². The maximum Gasteiger partial charge on any atom is 0.261 e. The van der Waals surface area contributed by atoms with Crippen LogP contribution in [0.15, 0.2) is 77.0 Å². The number of fused-ring (bicyclic) bond motifs is 2. The Balaban J connectivity index is 1.33. The Morgan fingerprint density at radius 3 is 2.24 bits per heavy atom. The van der Waals surface area contributed by atoms with Crippen molar-refractivity contribution >= 4 is 22.7 Å². The first-order valence-electron chi connectivity index (χ1n) is 12.3. The van der Waals surface area contributed by atoms with E-state index >= 15 is 0 Å². The van der Waals surface area contributed by atoms with Crippen LogP contribution in [0.1, 0.15) is 39.4 Å². The molecule has 1 aliphatic carbocycles. The van der Waals surface area contributed by atoms with Gasteiger partial charge in [0.05, 0.1) is 36.2 Å². The predicted octanol–water partition coefficient (Wildman–Crippen LogP) is 3.91. The zero-order valence-electron chi connectivity index (χ0n) is 20.8. The normalized spacial score (nSPS) is 17.0. The Kier molecular flexibility index (Phi) is 6.90. The van der Waals surface area contributed by atoms with Crippen molar-refractivity contribution in [2.24, 2.45) is 5.92 Å². The third kappa shape index (κ3) is 4.67. The number of aryl methyl sites for hydroxylation is 1. The Morgan fingerprint density at radius 2 is 1.54 bits per heavy atom. The molecule has 2 heterocycles. The van der Waals surface area contributed by atoms with E-state index in [9.17, 15) is 14.4 Å². The second-order valence-electron chi connectivity index (χ2n) is 9.03. The van der Waals surface area contributed by atoms with Gasteiger partial charge in [0.1, 0.15) is 11.6 Å². The molecule has 0 fully saturated rings. The summed E-state index contributed by atoms with van der Waals surface area (Å²) < 4.78 is 12.5. The number of aromatic nitrogens is 2. The van der Waals surface area contributed by atoms with Crippen LogP contribution < -0.4 is 5.56 Å². The van der Waals surface area contributed by atoms with Gasteiger partial charge in [-0.05, 0) is 49.1 Å². The third-order valence-electron chi connectivity index (χ3n) is 6.83. The van der Waals surface area contributed by atoms with Crippen LogP contribution in [-0.2, 0) is 22.4 Å². The van der Waals surface area contributed by atoms with Crippen LogP contribution in [-0.4, -0.2) is 47.0 Å². The summed E-state index contributed by atoms with van der Waals surface area (Å²) in [6.45, 7) is 0.722. The molecule has 0 spiro atoms. The van der Waals surface area contributed by atoms with E-state index in [-0.39, 0.29) is 29.8 Å². The fraction of sp³-hybridized carbons (Fsp3) is 0.276. The molecule has 5 rings (SSSR count). The smallest absolute Gasteiger partial charge is 0.261 e. The SMILES string of the molecule is COC1=C(OC)C=CC(CCn2c(CCCN3C(=O)c4ccccc4C3=O)nc3ccccc3c2=O)[CH]1. The number of para-hydroxylation sites is 1. The molecular formula is C29H28N3O5. The van der Waals surface area contributed by atoms with Crippen LogP contribution in [0.3, 0.4) is 0 Å². The van der Waals surface area contributed by atoms with Crippen LogP contribution in [0, 0.1) is 12.3 Å². The zero-order chi connectivity index (χ0) is 25.9. The average molecular weight is 499 g/mol. The van der Waals surface area contributed by atoms with Crippen molar-refractivity contribution in [3.63, 3.8) is 0 Å². The number of allylic oxidation sites excluding steroid dienone is 3. The van der Waals surface area contributed by atoms with Gasteiger partial charge in [-0.15, -0.1) is 0 Å². The molecule has 2 aromatic carbocycles. The van der Waals surface area contributed by atoms with Gasteiger partial charge in [0.25, 0.3) is 17.4 Å². The van der Waals surface area contributed by atoms with Gasteiger partial charge in [0.15, 0.2) is 5.76 Å². The zero-order valence-corrected chi connectivity index (χ0v) is 20.8. The van der Waals surface area contributed by atoms with Crippen molar-refractivity contribution in [2.45, 2.75) is 25.8 Å². The van der Waals surface area contributed by atoms with Crippen molar-refractivity contribution in [1.29, 1.82) is 0 Å². The largest absolute Gasteiger partial charge is 0.497 e. The Labute approximate surface area is 214 Å². The van der Waals surface area contributed by atoms with Crippen molar-refractivity contribution < 1.29 is 19.1 Å². The first-order chi connectivity index (χ1) is 18.0. The maximum absolute atomic E-state index is 13.4. The minimum Gasteiger partial charge on any atom is -0.497 e. The van der Waals surface area contributed by atoms with Gasteiger partial charge in [0.2, 0.25) is 0 Å². The number of benzene rings is 2. The molecule has 1 aromatic heterocycles. The van der Waals surface area contributed by atoms with Crippen LogP contribution in [0.25, 0.3) is 10.9 Å². The fourth-order valence-corrected chi connectivity index (χ4v) is 4.89. The summed E-state index contributed by atoms with van der Waals surface area (Å²) in [7, 11) is 3.20. The summed E-state index contributed by atoms with van der Waals surface area (Å²) in [5.41, 5.74) is 1.41. The summed E-state index contributed by atoms with van der Waals surface area (Å²) in [5.74, 6) is 1.49. The van der Waals surface area contributed by atoms with E-state index in [1.807, 2.05) is 36.8 Å². The first-order valence-corrected chi connectivity index (χ1v) is 12.3. The molecule has 189 valence electrons. The highest BCUT2D eigenvalue weighted by Gasteiger charge is 2.34. The number of amides is 2. The lowest BCUT2D eigenvalue weighted by Gasteiger charge is -2.21. The first kappa shape index (κ1) is 24.5. The molecule has 3 aromatic rings. The van der Waals surface area contributed by atoms with Crippen molar-refractivity contribution in [3.8, 4) is 0 Å². The summed E-state index contributed by atoms with van der Waals surface area (Å²) in [6, 6.07) is 14.2. The van der Waals surface area contributed by atoms with Crippen LogP contribution in [0.2, 0.25) is 0 Å². The number of ether oxygens (including phenoxy) is 2. The Hall–Kier alpha value is -4.20. The lowest BCUT2D eigenvalue weighted by atomic mass is 9.95. The van der Waals surface area contributed by atoms with E-state index < -0.39 is 0 Å². The van der Waals surface area contributed by atoms with Crippen LogP contribution >= 0.6 is 0 Å². The summed E-state index contributed by atoms with van der Waals surface area (Å²) in [6.07, 6.45) is 7.52. The van der Waals surface area contributed by atoms with E-state index in [0.717, 1.165) is 0 Å². The van der Waals surface area contributed by atoms with E-state index in [1.165, 1.54) is 4.90 Å². The third-order valence-corrected chi connectivity index (χ3v) is 6.83. The van der Waals surface area contributed by atoms with Gasteiger partial charge in [-0.3, -0.25) is 23.9 Å². The van der Waals surface area contributed by atoms with Gasteiger partial charge in [-0.1, -0.05) is 30.3 Å². The highest BCUT2D eigenvalue weighted by atomic mass is 16.5. The quantitative estimate of drug-likeness (QED) is 0.416. The Morgan fingerprint density at radius 1 is 0.865 bits per heavy atom. The molecule has 0 N–H and O–H groups in total. The standard InChI is InChI=1S/C29H28N3O5/c1-36-24-14-13-19(18-25(24)37-2)15-17-31-26(30-23-11-6-5-10-22(23)29(31)35)12-7-16-32-27(33)20-8-3-4-9-21(20)28(32)34/h3-6,8-11,13-14,18-19H,7,12,15-17H2,1-2H3. The average Bonchev–Trinajstić information content (AvgIpc) is 3.17. The number of imide groups is 1. The fourth-order valence-electron chi connectivity index (χ4n) is 4.89. The molecule has 2 aliphatic rings. The minimum atomic E-state index is -0.276. The maximum atomic E-state index is 13.4. The number of methoxy groups -OCH3 is 2. The molecule has 1 aliphatic heterocycles. The molecule has 37 heavy (non-hydrogen) atoms. The number of carbonyl (C=O) groups is 2. The number of hydrogen-bond acceptors (Lipinski definition) is 6. The molecule has 1 atom stereocenters. The molecule has 0 saturated carbocycles. The van der Waals surface area contributed by atoms with Gasteiger partial charge in [-0.2, -0.15) is 0 Å². The Bertz CT molecular complexity index is 1450. The van der Waals surface area contributed by atoms with Crippen molar-refractivity contribution in [1.82, 2.24) is 14.5 Å². The molecular weight excluding hydrogens is 470 g/mol. The monoisotopic (exact) mass is 498 g/mol. The molecule has 8 heteroatoms. The molecule has 1 radical (unpaired) electrons. The number of carbonyl (C=O) groups excluding carboxylic acids is 2. The predicted molar refractivity (Wildman–Crippen MR) is 139 cm³/mol. The van der Waals surface area contributed by atoms with Gasteiger partial charge < -0.3 is 9.47 Å². The summed E-state index contributed by atoms with van der Waals surface area (Å²) in [4.78, 5) is 44.9. The summed E-state index contributed by atoms with van der Waals surface area (Å²) >= 11 is 0. The highest BCUT2D eigenvalue weighted by Crippen LogP contribution is 2.27. The second kappa shape index (κ2) is 10.4. The number of rotatable bonds is 9. The lowest BCUT2D eigenvalue weighted by Crippen LogP contribution is -2.32. The van der Waals surface area contributed by atoms with E-state index in [2.05, 4.69) is 0 Å². The number of hydrogen-bond donors (Lipinski definition) is 0. The topological polar surface area (TPSA) is 90.7 Å². The van der Waals surface area contributed by atoms with E-state index in [1.54, 1.807) is 49.1 Å². The van der Waals surface area contributed by atoms with Crippen molar-refractivity contribution in [3.05, 3.63) is 106 Å². The molecule has 0 bridgehead atoms. The van der Waals surface area contributed by atoms with Crippen molar-refractivity contribution in [2.75, 3.05) is 20.8 Å². The van der Waals surface area contributed by atoms with Gasteiger partial charge in [0, 0.05) is 25.9 Å². The van der Waals surface area contributed by atoms with E-state index in [0.29, 0.717) is 65.2 Å².